The van der Waals surface area contributed by atoms with Crippen molar-refractivity contribution in [1.82, 2.24) is 35.1 Å². The van der Waals surface area contributed by atoms with Gasteiger partial charge in [-0.15, -0.1) is 0 Å². The number of nitrogens with zero attached hydrogens (tertiary/aromatic N) is 6. The maximum Gasteiger partial charge on any atom is 0.230 e. The van der Waals surface area contributed by atoms with E-state index in [2.05, 4.69) is 35.4 Å². The third-order valence-corrected chi connectivity index (χ3v) is 7.38. The van der Waals surface area contributed by atoms with Gasteiger partial charge in [0.25, 0.3) is 0 Å². The minimum absolute atomic E-state index is 0.105. The number of aliphatic imine (C=N–C) groups is 1. The number of hydrogen-bond donors (Lipinski definition) is 3. The van der Waals surface area contributed by atoms with Gasteiger partial charge in [-0.2, -0.15) is 0 Å². The lowest BCUT2D eigenvalue weighted by Crippen LogP contribution is -2.49. The van der Waals surface area contributed by atoms with Crippen LogP contribution in [0.4, 0.5) is 10.3 Å². The van der Waals surface area contributed by atoms with Crippen molar-refractivity contribution in [3.63, 3.8) is 0 Å². The molecule has 2 aliphatic rings. The van der Waals surface area contributed by atoms with E-state index in [-0.39, 0.29) is 24.9 Å². The van der Waals surface area contributed by atoms with Gasteiger partial charge < -0.3 is 30.0 Å². The summed E-state index contributed by atoms with van der Waals surface area (Å²) < 4.78 is 25.8. The highest BCUT2D eigenvalue weighted by Crippen LogP contribution is 2.35. The average Bonchev–Trinajstić information content (AvgIpc) is 3.69. The monoisotopic (exact) mass is 593 g/mol. The maximum atomic E-state index is 13.8. The molecule has 0 unspecified atom stereocenters. The van der Waals surface area contributed by atoms with Gasteiger partial charge in [0.05, 0.1) is 42.4 Å². The van der Waals surface area contributed by atoms with E-state index in [0.717, 1.165) is 39.1 Å². The number of aromatic amines is 1. The second-order valence-electron chi connectivity index (χ2n) is 11.4. The largest absolute Gasteiger partial charge is 0.355 e. The average molecular weight is 594 g/mol. The van der Waals surface area contributed by atoms with Crippen LogP contribution in [0.3, 0.4) is 0 Å². The fraction of sp³-hybridized carbons (Fsp3) is 0.500. The van der Waals surface area contributed by atoms with Gasteiger partial charge in [0.1, 0.15) is 5.82 Å². The highest BCUT2D eigenvalue weighted by Gasteiger charge is 2.40. The van der Waals surface area contributed by atoms with Crippen LogP contribution in [0.1, 0.15) is 31.9 Å². The molecule has 0 bridgehead atoms. The molecule has 0 aliphatic carbocycles. The summed E-state index contributed by atoms with van der Waals surface area (Å²) in [5.41, 5.74) is 1.70. The van der Waals surface area contributed by atoms with E-state index in [9.17, 15) is 9.18 Å². The zero-order valence-electron chi connectivity index (χ0n) is 25.0. The summed E-state index contributed by atoms with van der Waals surface area (Å²) in [5.74, 6) is 0.484. The Kier molecular flexibility index (Phi) is 10.1. The van der Waals surface area contributed by atoms with Crippen LogP contribution in [-0.2, 0) is 14.3 Å². The van der Waals surface area contributed by atoms with Crippen molar-refractivity contribution in [2.24, 2.45) is 10.4 Å². The molecule has 5 rings (SSSR count). The molecule has 13 heteroatoms. The van der Waals surface area contributed by atoms with Crippen LogP contribution < -0.4 is 10.6 Å². The van der Waals surface area contributed by atoms with Gasteiger partial charge in [-0.1, -0.05) is 0 Å². The van der Waals surface area contributed by atoms with Gasteiger partial charge in [-0.3, -0.25) is 14.7 Å². The van der Waals surface area contributed by atoms with Crippen LogP contribution in [0.2, 0.25) is 0 Å². The predicted molar refractivity (Wildman–Crippen MR) is 162 cm³/mol. The number of carbonyl (C=O) groups excluding carboxylic acids is 1. The Balaban J connectivity index is 1.28. The molecule has 230 valence electrons. The molecular formula is C30H40FN9O3. The van der Waals surface area contributed by atoms with Gasteiger partial charge >= 0.3 is 0 Å². The predicted octanol–water partition coefficient (Wildman–Crippen LogP) is 2.94. The molecule has 0 radical (unpaired) electrons. The summed E-state index contributed by atoms with van der Waals surface area (Å²) >= 11 is 0. The van der Waals surface area contributed by atoms with Gasteiger partial charge in [-0.25, -0.2) is 19.3 Å². The molecule has 4 heterocycles. The minimum atomic E-state index is -0.821. The Bertz CT molecular complexity index is 1380. The highest BCUT2D eigenvalue weighted by atomic mass is 19.1. The molecule has 3 N–H and O–H groups in total. The molecule has 1 saturated heterocycles. The number of H-pyrrole nitrogens is 1. The smallest absolute Gasteiger partial charge is 0.230 e. The topological polar surface area (TPSA) is 133 Å². The third-order valence-electron chi connectivity index (χ3n) is 7.38. The number of halogens is 1. The SMILES string of the molecule is CN(C)CCCNC(=O)C1(C)COC(c2nc(-c3ccc(F)cc3)c(-c3ccnc(NCCCN4CC=NC4)n3)[nH]2)OC1. The van der Waals surface area contributed by atoms with Crippen molar-refractivity contribution in [3.05, 3.63) is 48.2 Å². The van der Waals surface area contributed by atoms with Crippen LogP contribution in [0.15, 0.2) is 41.5 Å². The molecule has 0 spiro atoms. The number of nitrogens with one attached hydrogen (secondary N) is 3. The third kappa shape index (κ3) is 7.99. The number of rotatable bonds is 13. The van der Waals surface area contributed by atoms with Crippen molar-refractivity contribution in [1.29, 1.82) is 0 Å². The van der Waals surface area contributed by atoms with E-state index in [1.54, 1.807) is 24.4 Å². The van der Waals surface area contributed by atoms with Crippen LogP contribution in [0.5, 0.6) is 0 Å². The summed E-state index contributed by atoms with van der Waals surface area (Å²) in [6, 6.07) is 7.91. The molecule has 0 atom stereocenters. The Hall–Kier alpha value is -3.78. The number of benzene rings is 1. The quantitative estimate of drug-likeness (QED) is 0.256. The number of anilines is 1. The number of aromatic nitrogens is 4. The lowest BCUT2D eigenvalue weighted by atomic mass is 9.91. The first-order valence-corrected chi connectivity index (χ1v) is 14.6. The number of ether oxygens (including phenoxy) is 2. The number of carbonyl (C=O) groups is 1. The zero-order valence-corrected chi connectivity index (χ0v) is 25.0. The Morgan fingerprint density at radius 3 is 2.65 bits per heavy atom. The summed E-state index contributed by atoms with van der Waals surface area (Å²) in [7, 11) is 4.00. The first-order chi connectivity index (χ1) is 20.8. The lowest BCUT2D eigenvalue weighted by molar-refractivity contribution is -0.231. The second-order valence-corrected chi connectivity index (χ2v) is 11.4. The Labute approximate surface area is 251 Å². The Morgan fingerprint density at radius 1 is 1.14 bits per heavy atom. The fourth-order valence-corrected chi connectivity index (χ4v) is 4.87. The lowest BCUT2D eigenvalue weighted by Gasteiger charge is -2.35. The summed E-state index contributed by atoms with van der Waals surface area (Å²) in [4.78, 5) is 38.7. The second kappa shape index (κ2) is 14.1. The highest BCUT2D eigenvalue weighted by molar-refractivity contribution is 5.82. The van der Waals surface area contributed by atoms with Crippen molar-refractivity contribution in [2.75, 3.05) is 72.0 Å². The van der Waals surface area contributed by atoms with E-state index in [1.165, 1.54) is 12.1 Å². The Morgan fingerprint density at radius 2 is 1.93 bits per heavy atom. The van der Waals surface area contributed by atoms with E-state index >= 15 is 0 Å². The molecule has 1 aromatic carbocycles. The molecule has 12 nitrogen and oxygen atoms in total. The first kappa shape index (κ1) is 30.7. The van der Waals surface area contributed by atoms with Gasteiger partial charge in [0, 0.05) is 44.2 Å². The minimum Gasteiger partial charge on any atom is -0.355 e. The van der Waals surface area contributed by atoms with Crippen LogP contribution in [-0.4, -0.2) is 109 Å². The number of imidazole rings is 1. The van der Waals surface area contributed by atoms with E-state index in [1.807, 2.05) is 27.2 Å². The molecule has 0 saturated carbocycles. The van der Waals surface area contributed by atoms with Crippen molar-refractivity contribution in [2.45, 2.75) is 26.1 Å². The molecule has 43 heavy (non-hydrogen) atoms. The standard InChI is InChI=1S/C30H40FN9O3/c1-30(28(41)33-11-4-15-39(2)3)18-42-27(43-19-30)26-37-24(21-6-8-22(31)9-7-21)25(38-26)23-10-13-35-29(36-23)34-12-5-16-40-17-14-32-20-40/h6-10,13-14,27H,4-5,11-12,15-20H2,1-3H3,(H,33,41)(H,37,38)(H,34,35,36). The maximum absolute atomic E-state index is 13.8. The van der Waals surface area contributed by atoms with Crippen LogP contribution in [0.25, 0.3) is 22.6 Å². The van der Waals surface area contributed by atoms with Crippen LogP contribution >= 0.6 is 0 Å². The molecule has 1 amide bonds. The summed E-state index contributed by atoms with van der Waals surface area (Å²) in [6.07, 6.45) is 4.59. The summed E-state index contributed by atoms with van der Waals surface area (Å²) in [6.45, 7) is 6.93. The number of hydrogen-bond acceptors (Lipinski definition) is 10. The molecule has 3 aromatic rings. The molecule has 2 aliphatic heterocycles. The molecular weight excluding hydrogens is 553 g/mol. The van der Waals surface area contributed by atoms with Crippen molar-refractivity contribution < 1.29 is 18.7 Å². The van der Waals surface area contributed by atoms with Gasteiger partial charge in [0.15, 0.2) is 5.82 Å². The number of amides is 1. The van der Waals surface area contributed by atoms with Crippen LogP contribution in [0, 0.1) is 11.2 Å². The van der Waals surface area contributed by atoms with E-state index in [4.69, 9.17) is 19.4 Å². The first-order valence-electron chi connectivity index (χ1n) is 14.6. The summed E-state index contributed by atoms with van der Waals surface area (Å²) in [5, 5.41) is 6.29. The molecule has 1 fully saturated rings. The molecule has 2 aromatic heterocycles. The van der Waals surface area contributed by atoms with Crippen molar-refractivity contribution in [3.8, 4) is 22.6 Å². The normalized spacial score (nSPS) is 20.5. The fourth-order valence-electron chi connectivity index (χ4n) is 4.87. The van der Waals surface area contributed by atoms with Crippen molar-refractivity contribution >= 4 is 18.1 Å². The van der Waals surface area contributed by atoms with E-state index in [0.29, 0.717) is 47.5 Å². The van der Waals surface area contributed by atoms with Gasteiger partial charge in [-0.05, 0) is 70.7 Å². The van der Waals surface area contributed by atoms with Gasteiger partial charge in [0.2, 0.25) is 18.1 Å². The zero-order chi connectivity index (χ0) is 30.2. The van der Waals surface area contributed by atoms with E-state index < -0.39 is 11.7 Å².